The van der Waals surface area contributed by atoms with Gasteiger partial charge in [0.25, 0.3) is 0 Å². The van der Waals surface area contributed by atoms with Crippen LogP contribution in [0.3, 0.4) is 0 Å². The van der Waals surface area contributed by atoms with Gasteiger partial charge in [-0.1, -0.05) is 30.3 Å². The predicted molar refractivity (Wildman–Crippen MR) is 118 cm³/mol. The number of nitrogens with zero attached hydrogens (tertiary/aromatic N) is 4. The molecule has 1 aliphatic carbocycles. The number of benzene rings is 2. The van der Waals surface area contributed by atoms with Gasteiger partial charge in [0, 0.05) is 29.9 Å². The minimum atomic E-state index is -0.285. The highest BCUT2D eigenvalue weighted by Crippen LogP contribution is 2.47. The van der Waals surface area contributed by atoms with Gasteiger partial charge < -0.3 is 9.47 Å². The van der Waals surface area contributed by atoms with Crippen molar-refractivity contribution in [1.29, 1.82) is 0 Å². The van der Waals surface area contributed by atoms with Gasteiger partial charge in [0.2, 0.25) is 5.88 Å². The number of ketones is 1. The van der Waals surface area contributed by atoms with Crippen molar-refractivity contribution in [3.05, 3.63) is 83.4 Å². The number of Topliss-reactive ketones (excluding diaryl/α,β-unsaturated/α-hetero) is 1. The van der Waals surface area contributed by atoms with E-state index in [4.69, 9.17) is 14.5 Å². The van der Waals surface area contributed by atoms with Gasteiger partial charge in [0.05, 0.1) is 12.7 Å². The van der Waals surface area contributed by atoms with Gasteiger partial charge in [-0.05, 0) is 36.2 Å². The zero-order chi connectivity index (χ0) is 21.7. The van der Waals surface area contributed by atoms with E-state index in [0.29, 0.717) is 23.8 Å². The Labute approximate surface area is 184 Å². The third kappa shape index (κ3) is 2.89. The van der Waals surface area contributed by atoms with E-state index in [2.05, 4.69) is 10.1 Å². The molecule has 2 aromatic carbocycles. The Kier molecular flexibility index (Phi) is 4.28. The summed E-state index contributed by atoms with van der Waals surface area (Å²) in [6.45, 7) is 0. The van der Waals surface area contributed by atoms with Crippen LogP contribution in [0.5, 0.6) is 11.6 Å². The van der Waals surface area contributed by atoms with Gasteiger partial charge in [-0.25, -0.2) is 14.5 Å². The van der Waals surface area contributed by atoms with Crippen molar-refractivity contribution in [2.45, 2.75) is 25.2 Å². The van der Waals surface area contributed by atoms with Gasteiger partial charge in [-0.2, -0.15) is 0 Å². The standard InChI is InChI=1S/C25H20N4O3/c1-31-17-12-10-16(11-13-17)23-27-24-22-20(15-6-3-2-4-7-15)21-18(30)8-5-9-19(21)32-25(22)26-14-29(24)28-23/h2-4,6-7,10-14,20H,5,8-9H2,1H3/t20-/m1/s1. The molecule has 6 rings (SSSR count). The monoisotopic (exact) mass is 424 g/mol. The molecule has 0 saturated heterocycles. The summed E-state index contributed by atoms with van der Waals surface area (Å²) in [6.07, 6.45) is 3.68. The number of carbonyl (C=O) groups is 1. The zero-order valence-electron chi connectivity index (χ0n) is 17.5. The molecular weight excluding hydrogens is 404 g/mol. The molecule has 7 heteroatoms. The topological polar surface area (TPSA) is 78.6 Å². The maximum absolute atomic E-state index is 13.0. The number of aromatic nitrogens is 4. The van der Waals surface area contributed by atoms with Gasteiger partial charge in [-0.15, -0.1) is 5.10 Å². The fourth-order valence-corrected chi connectivity index (χ4v) is 4.56. The lowest BCUT2D eigenvalue weighted by Crippen LogP contribution is -2.26. The van der Waals surface area contributed by atoms with Crippen molar-refractivity contribution in [3.63, 3.8) is 0 Å². The van der Waals surface area contributed by atoms with Crippen LogP contribution < -0.4 is 9.47 Å². The lowest BCUT2D eigenvalue weighted by molar-refractivity contribution is -0.116. The van der Waals surface area contributed by atoms with Crippen LogP contribution in [0.4, 0.5) is 0 Å². The zero-order valence-corrected chi connectivity index (χ0v) is 17.5. The third-order valence-electron chi connectivity index (χ3n) is 6.07. The highest BCUT2D eigenvalue weighted by atomic mass is 16.5. The lowest BCUT2D eigenvalue weighted by Gasteiger charge is -2.31. The maximum atomic E-state index is 13.0. The molecule has 0 spiro atoms. The van der Waals surface area contributed by atoms with Gasteiger partial charge in [-0.3, -0.25) is 4.79 Å². The number of rotatable bonds is 3. The first-order valence-corrected chi connectivity index (χ1v) is 10.6. The number of fused-ring (bicyclic) bond motifs is 3. The molecule has 2 aromatic heterocycles. The number of carbonyl (C=O) groups excluding carboxylic acids is 1. The summed E-state index contributed by atoms with van der Waals surface area (Å²) >= 11 is 0. The Morgan fingerprint density at radius 1 is 1.06 bits per heavy atom. The Hall–Kier alpha value is -4.00. The largest absolute Gasteiger partial charge is 0.497 e. The molecule has 0 radical (unpaired) electrons. The summed E-state index contributed by atoms with van der Waals surface area (Å²) in [6, 6.07) is 17.6. The number of hydrogen-bond acceptors (Lipinski definition) is 6. The second-order valence-corrected chi connectivity index (χ2v) is 7.95. The molecule has 32 heavy (non-hydrogen) atoms. The van der Waals surface area contributed by atoms with Crippen LogP contribution >= 0.6 is 0 Å². The van der Waals surface area contributed by atoms with E-state index in [1.54, 1.807) is 18.0 Å². The normalized spacial score (nSPS) is 17.7. The Morgan fingerprint density at radius 2 is 1.88 bits per heavy atom. The van der Waals surface area contributed by atoms with Gasteiger partial charge >= 0.3 is 0 Å². The summed E-state index contributed by atoms with van der Waals surface area (Å²) in [7, 11) is 1.63. The summed E-state index contributed by atoms with van der Waals surface area (Å²) in [5, 5.41) is 4.64. The van der Waals surface area contributed by atoms with E-state index in [-0.39, 0.29) is 11.7 Å². The number of methoxy groups -OCH3 is 1. The average Bonchev–Trinajstić information content (AvgIpc) is 3.28. The van der Waals surface area contributed by atoms with E-state index < -0.39 is 0 Å². The lowest BCUT2D eigenvalue weighted by atomic mass is 9.78. The van der Waals surface area contributed by atoms with Crippen molar-refractivity contribution >= 4 is 11.4 Å². The fraction of sp³-hybridized carbons (Fsp3) is 0.200. The van der Waals surface area contributed by atoms with Crippen LogP contribution in [-0.4, -0.2) is 32.5 Å². The van der Waals surface area contributed by atoms with Crippen LogP contribution in [-0.2, 0) is 4.79 Å². The minimum absolute atomic E-state index is 0.127. The molecule has 7 nitrogen and oxygen atoms in total. The fourth-order valence-electron chi connectivity index (χ4n) is 4.56. The molecule has 0 bridgehead atoms. The molecule has 1 atom stereocenters. The van der Waals surface area contributed by atoms with Crippen LogP contribution in [0.2, 0.25) is 0 Å². The molecule has 0 unspecified atom stereocenters. The van der Waals surface area contributed by atoms with Gasteiger partial charge in [0.1, 0.15) is 17.8 Å². The second-order valence-electron chi connectivity index (χ2n) is 7.95. The predicted octanol–water partition coefficient (Wildman–Crippen LogP) is 4.33. The maximum Gasteiger partial charge on any atom is 0.228 e. The molecule has 4 aromatic rings. The van der Waals surface area contributed by atoms with E-state index in [0.717, 1.165) is 46.6 Å². The molecule has 158 valence electrons. The quantitative estimate of drug-likeness (QED) is 0.487. The Bertz CT molecular complexity index is 1370. The SMILES string of the molecule is COc1ccc(-c2nc3c4c(ncn3n2)OC2=C(C(=O)CCC2)[C@H]4c2ccccc2)cc1. The summed E-state index contributed by atoms with van der Waals surface area (Å²) in [5.74, 6) is 2.41. The van der Waals surface area contributed by atoms with E-state index in [1.165, 1.54) is 0 Å². The minimum Gasteiger partial charge on any atom is -0.497 e. The molecule has 3 heterocycles. The summed E-state index contributed by atoms with van der Waals surface area (Å²) < 4.78 is 13.1. The van der Waals surface area contributed by atoms with Crippen molar-refractivity contribution in [3.8, 4) is 23.0 Å². The first-order chi connectivity index (χ1) is 15.7. The van der Waals surface area contributed by atoms with Crippen molar-refractivity contribution in [2.75, 3.05) is 7.11 Å². The molecule has 0 fully saturated rings. The van der Waals surface area contributed by atoms with Crippen molar-refractivity contribution in [1.82, 2.24) is 19.6 Å². The number of hydrogen-bond donors (Lipinski definition) is 0. The van der Waals surface area contributed by atoms with Crippen LogP contribution in [0.1, 0.15) is 36.3 Å². The van der Waals surface area contributed by atoms with Crippen LogP contribution in [0.15, 0.2) is 72.3 Å². The highest BCUT2D eigenvalue weighted by Gasteiger charge is 2.39. The van der Waals surface area contributed by atoms with Crippen molar-refractivity contribution in [2.24, 2.45) is 0 Å². The van der Waals surface area contributed by atoms with Crippen LogP contribution in [0.25, 0.3) is 17.0 Å². The molecule has 0 amide bonds. The number of allylic oxidation sites excluding steroid dienone is 2. The van der Waals surface area contributed by atoms with Gasteiger partial charge in [0.15, 0.2) is 17.3 Å². The first kappa shape index (κ1) is 18.7. The molecule has 2 aliphatic rings. The Balaban J connectivity index is 1.57. The Morgan fingerprint density at radius 3 is 2.66 bits per heavy atom. The first-order valence-electron chi connectivity index (χ1n) is 10.6. The third-order valence-corrected chi connectivity index (χ3v) is 6.07. The van der Waals surface area contributed by atoms with E-state index >= 15 is 0 Å². The summed E-state index contributed by atoms with van der Waals surface area (Å²) in [5.41, 5.74) is 4.02. The van der Waals surface area contributed by atoms with Crippen molar-refractivity contribution < 1.29 is 14.3 Å². The molecular formula is C25H20N4O3. The molecule has 0 N–H and O–H groups in total. The second kappa shape index (κ2) is 7.30. The highest BCUT2D eigenvalue weighted by molar-refractivity contribution is 6.00. The molecule has 0 saturated carbocycles. The molecule has 1 aliphatic heterocycles. The van der Waals surface area contributed by atoms with Crippen LogP contribution in [0, 0.1) is 0 Å². The van der Waals surface area contributed by atoms with E-state index in [9.17, 15) is 4.79 Å². The number of ether oxygens (including phenoxy) is 2. The smallest absolute Gasteiger partial charge is 0.228 e. The average molecular weight is 424 g/mol. The van der Waals surface area contributed by atoms with E-state index in [1.807, 2.05) is 54.6 Å². The summed E-state index contributed by atoms with van der Waals surface area (Å²) in [4.78, 5) is 22.4.